The van der Waals surface area contributed by atoms with Gasteiger partial charge in [0, 0.05) is 4.88 Å². The fourth-order valence-corrected chi connectivity index (χ4v) is 2.46. The third kappa shape index (κ3) is 4.43. The number of nitrogens with zero attached hydrogens (tertiary/aromatic N) is 1. The van der Waals surface area contributed by atoms with Gasteiger partial charge in [-0.2, -0.15) is 5.26 Å². The lowest BCUT2D eigenvalue weighted by molar-refractivity contribution is -0.124. The van der Waals surface area contributed by atoms with Gasteiger partial charge in [-0.05, 0) is 23.1 Å². The van der Waals surface area contributed by atoms with E-state index in [1.54, 1.807) is 35.6 Å². The van der Waals surface area contributed by atoms with Crippen LogP contribution in [0.1, 0.15) is 20.8 Å². The Morgan fingerprint density at radius 1 is 1.23 bits per heavy atom. The largest absolute Gasteiger partial charge is 0.452 e. The van der Waals surface area contributed by atoms with Crippen molar-refractivity contribution in [2.75, 3.05) is 6.61 Å². The Hall–Kier alpha value is -2.65. The lowest BCUT2D eigenvalue weighted by Gasteiger charge is -2.08. The van der Waals surface area contributed by atoms with Gasteiger partial charge < -0.3 is 10.1 Å². The van der Waals surface area contributed by atoms with Gasteiger partial charge in [-0.1, -0.05) is 24.3 Å². The molecule has 5 nitrogen and oxygen atoms in total. The standard InChI is InChI=1S/C16H14N2O3S/c17-8-7-12-4-1-2-6-14(12)16(20)21-11-15(19)18-10-13-5-3-9-22-13/h1-6,9H,7,10-11H2,(H,18,19). The highest BCUT2D eigenvalue weighted by Crippen LogP contribution is 2.11. The van der Waals surface area contributed by atoms with Crippen LogP contribution in [-0.2, 0) is 22.5 Å². The number of nitriles is 1. The van der Waals surface area contributed by atoms with Crippen LogP contribution in [-0.4, -0.2) is 18.5 Å². The lowest BCUT2D eigenvalue weighted by Crippen LogP contribution is -2.28. The monoisotopic (exact) mass is 314 g/mol. The first-order chi connectivity index (χ1) is 10.7. The van der Waals surface area contributed by atoms with Crippen LogP contribution < -0.4 is 5.32 Å². The van der Waals surface area contributed by atoms with Gasteiger partial charge in [-0.3, -0.25) is 4.79 Å². The molecule has 0 atom stereocenters. The molecule has 0 saturated heterocycles. The molecule has 1 heterocycles. The summed E-state index contributed by atoms with van der Waals surface area (Å²) < 4.78 is 4.99. The van der Waals surface area contributed by atoms with Crippen LogP contribution in [0.4, 0.5) is 0 Å². The molecule has 0 aliphatic carbocycles. The van der Waals surface area contributed by atoms with Gasteiger partial charge >= 0.3 is 5.97 Å². The maximum atomic E-state index is 12.0. The van der Waals surface area contributed by atoms with Crippen molar-refractivity contribution < 1.29 is 14.3 Å². The number of nitrogens with one attached hydrogen (secondary N) is 1. The molecular formula is C16H14N2O3S. The number of hydrogen-bond donors (Lipinski definition) is 1. The molecule has 1 aromatic carbocycles. The highest BCUT2D eigenvalue weighted by molar-refractivity contribution is 7.09. The van der Waals surface area contributed by atoms with Crippen molar-refractivity contribution in [3.05, 3.63) is 57.8 Å². The average molecular weight is 314 g/mol. The summed E-state index contributed by atoms with van der Waals surface area (Å²) >= 11 is 1.54. The number of rotatable bonds is 6. The fraction of sp³-hybridized carbons (Fsp3) is 0.188. The lowest BCUT2D eigenvalue weighted by atomic mass is 10.1. The molecule has 0 spiro atoms. The molecule has 0 radical (unpaired) electrons. The number of hydrogen-bond acceptors (Lipinski definition) is 5. The molecule has 1 aromatic heterocycles. The number of benzene rings is 1. The zero-order valence-electron chi connectivity index (χ0n) is 11.7. The minimum absolute atomic E-state index is 0.121. The van der Waals surface area contributed by atoms with E-state index in [9.17, 15) is 9.59 Å². The molecule has 22 heavy (non-hydrogen) atoms. The van der Waals surface area contributed by atoms with E-state index in [0.29, 0.717) is 17.7 Å². The predicted octanol–water partition coefficient (Wildman–Crippen LogP) is 2.29. The summed E-state index contributed by atoms with van der Waals surface area (Å²) in [4.78, 5) is 24.6. The quantitative estimate of drug-likeness (QED) is 0.830. The Labute approximate surface area is 132 Å². The summed E-state index contributed by atoms with van der Waals surface area (Å²) in [6.07, 6.45) is 0.121. The molecule has 2 rings (SSSR count). The number of amides is 1. The van der Waals surface area contributed by atoms with E-state index in [0.717, 1.165) is 4.88 Å². The molecular weight excluding hydrogens is 300 g/mol. The minimum atomic E-state index is -0.600. The normalized spacial score (nSPS) is 9.77. The number of thiophene rings is 1. The number of esters is 1. The molecule has 112 valence electrons. The molecule has 0 aliphatic rings. The summed E-state index contributed by atoms with van der Waals surface area (Å²) in [5.74, 6) is -0.961. The summed E-state index contributed by atoms with van der Waals surface area (Å²) in [5, 5.41) is 13.3. The number of ether oxygens (including phenoxy) is 1. The second kappa shape index (κ2) is 7.96. The molecule has 1 N–H and O–H groups in total. The van der Waals surface area contributed by atoms with Gasteiger partial charge in [0.2, 0.25) is 0 Å². The van der Waals surface area contributed by atoms with E-state index >= 15 is 0 Å². The highest BCUT2D eigenvalue weighted by atomic mass is 32.1. The summed E-state index contributed by atoms with van der Waals surface area (Å²) in [6, 6.07) is 12.5. The van der Waals surface area contributed by atoms with Crippen molar-refractivity contribution in [1.29, 1.82) is 5.26 Å². The van der Waals surface area contributed by atoms with Crippen molar-refractivity contribution in [2.24, 2.45) is 0 Å². The van der Waals surface area contributed by atoms with Crippen molar-refractivity contribution in [2.45, 2.75) is 13.0 Å². The molecule has 0 aliphatic heterocycles. The van der Waals surface area contributed by atoms with E-state index in [2.05, 4.69) is 5.32 Å². The van der Waals surface area contributed by atoms with Gasteiger partial charge in [-0.15, -0.1) is 11.3 Å². The third-order valence-electron chi connectivity index (χ3n) is 2.88. The van der Waals surface area contributed by atoms with E-state index in [1.165, 1.54) is 0 Å². The smallest absolute Gasteiger partial charge is 0.338 e. The van der Waals surface area contributed by atoms with E-state index in [4.69, 9.17) is 10.00 Å². The summed E-state index contributed by atoms with van der Waals surface area (Å²) in [7, 11) is 0. The second-order valence-corrected chi connectivity index (χ2v) is 5.46. The molecule has 0 unspecified atom stereocenters. The Morgan fingerprint density at radius 3 is 2.77 bits per heavy atom. The highest BCUT2D eigenvalue weighted by Gasteiger charge is 2.13. The molecule has 6 heteroatoms. The van der Waals surface area contributed by atoms with Crippen molar-refractivity contribution in [3.8, 4) is 6.07 Å². The second-order valence-electron chi connectivity index (χ2n) is 4.42. The molecule has 0 bridgehead atoms. The Bertz CT molecular complexity index is 690. The van der Waals surface area contributed by atoms with E-state index in [1.807, 2.05) is 23.6 Å². The van der Waals surface area contributed by atoms with Crippen LogP contribution in [0.5, 0.6) is 0 Å². The summed E-state index contributed by atoms with van der Waals surface area (Å²) in [6.45, 7) is 0.0736. The van der Waals surface area contributed by atoms with Crippen molar-refractivity contribution in [3.63, 3.8) is 0 Å². The fourth-order valence-electron chi connectivity index (χ4n) is 1.82. The van der Waals surface area contributed by atoms with Crippen LogP contribution in [0.15, 0.2) is 41.8 Å². The van der Waals surface area contributed by atoms with Crippen LogP contribution in [0.3, 0.4) is 0 Å². The zero-order chi connectivity index (χ0) is 15.8. The van der Waals surface area contributed by atoms with Crippen LogP contribution in [0.25, 0.3) is 0 Å². The van der Waals surface area contributed by atoms with Crippen LogP contribution in [0.2, 0.25) is 0 Å². The van der Waals surface area contributed by atoms with Crippen LogP contribution in [0, 0.1) is 11.3 Å². The van der Waals surface area contributed by atoms with Gasteiger partial charge in [0.15, 0.2) is 6.61 Å². The molecule has 0 saturated carbocycles. The first-order valence-corrected chi connectivity index (χ1v) is 7.49. The Morgan fingerprint density at radius 2 is 2.05 bits per heavy atom. The molecule has 0 fully saturated rings. The number of carbonyl (C=O) groups is 2. The summed E-state index contributed by atoms with van der Waals surface area (Å²) in [5.41, 5.74) is 0.907. The van der Waals surface area contributed by atoms with Gasteiger partial charge in [0.05, 0.1) is 24.6 Å². The third-order valence-corrected chi connectivity index (χ3v) is 3.76. The SMILES string of the molecule is N#CCc1ccccc1C(=O)OCC(=O)NCc1cccs1. The van der Waals surface area contributed by atoms with Crippen molar-refractivity contribution >= 4 is 23.2 Å². The Balaban J connectivity index is 1.85. The van der Waals surface area contributed by atoms with Gasteiger partial charge in [0.25, 0.3) is 5.91 Å². The van der Waals surface area contributed by atoms with Gasteiger partial charge in [0.1, 0.15) is 0 Å². The topological polar surface area (TPSA) is 79.2 Å². The first-order valence-electron chi connectivity index (χ1n) is 6.61. The molecule has 1 amide bonds. The maximum absolute atomic E-state index is 12.0. The predicted molar refractivity (Wildman–Crippen MR) is 82.2 cm³/mol. The number of carbonyl (C=O) groups excluding carboxylic acids is 2. The minimum Gasteiger partial charge on any atom is -0.452 e. The maximum Gasteiger partial charge on any atom is 0.338 e. The molecule has 2 aromatic rings. The van der Waals surface area contributed by atoms with Crippen LogP contribution >= 0.6 is 11.3 Å². The van der Waals surface area contributed by atoms with E-state index in [-0.39, 0.29) is 18.9 Å². The van der Waals surface area contributed by atoms with E-state index < -0.39 is 5.97 Å². The van der Waals surface area contributed by atoms with Crippen molar-refractivity contribution in [1.82, 2.24) is 5.32 Å². The van der Waals surface area contributed by atoms with Gasteiger partial charge in [-0.25, -0.2) is 4.79 Å². The first kappa shape index (κ1) is 15.7. The zero-order valence-corrected chi connectivity index (χ0v) is 12.6. The Kier molecular flexibility index (Phi) is 5.69. The average Bonchev–Trinajstić information content (AvgIpc) is 3.05.